The fourth-order valence-electron chi connectivity index (χ4n) is 6.87. The lowest BCUT2D eigenvalue weighted by molar-refractivity contribution is -0.130. The van der Waals surface area contributed by atoms with Gasteiger partial charge in [0.05, 0.1) is 22.5 Å². The maximum Gasteiger partial charge on any atom is 0.336 e. The van der Waals surface area contributed by atoms with E-state index >= 15 is 0 Å². The van der Waals surface area contributed by atoms with Gasteiger partial charge in [-0.2, -0.15) is 0 Å². The second-order valence-corrected chi connectivity index (χ2v) is 15.0. The highest BCUT2D eigenvalue weighted by Gasteiger charge is 2.21. The lowest BCUT2D eigenvalue weighted by Gasteiger charge is -2.15. The van der Waals surface area contributed by atoms with Crippen molar-refractivity contribution < 1.29 is 24.1 Å². The van der Waals surface area contributed by atoms with Crippen LogP contribution in [0.5, 0.6) is 23.0 Å². The highest BCUT2D eigenvalue weighted by molar-refractivity contribution is 7.20. The van der Waals surface area contributed by atoms with Crippen LogP contribution in [0, 0.1) is 0 Å². The van der Waals surface area contributed by atoms with E-state index in [-0.39, 0.29) is 12.2 Å². The van der Waals surface area contributed by atoms with Crippen molar-refractivity contribution in [3.8, 4) is 50.9 Å². The normalized spacial score (nSPS) is 11.4. The molecule has 292 valence electrons. The average molecular weight is 804 g/mol. The number of carboxylic acids is 1. The topological polar surface area (TPSA) is 95.7 Å². The van der Waals surface area contributed by atoms with Gasteiger partial charge in [-0.05, 0) is 75.4 Å². The number of rotatable bonds is 14. The number of carbonyl (C=O) groups is 1. The van der Waals surface area contributed by atoms with Crippen LogP contribution in [0.3, 0.4) is 0 Å². The molecule has 6 aromatic carbocycles. The van der Waals surface area contributed by atoms with Crippen LogP contribution < -0.4 is 14.2 Å². The first-order chi connectivity index (χ1) is 29.5. The average Bonchev–Trinajstić information content (AvgIpc) is 3.96. The second-order valence-electron chi connectivity index (χ2n) is 14.0. The van der Waals surface area contributed by atoms with Crippen LogP contribution in [0.15, 0.2) is 189 Å². The summed E-state index contributed by atoms with van der Waals surface area (Å²) in [5, 5.41) is 11.2. The van der Waals surface area contributed by atoms with Crippen LogP contribution in [0.2, 0.25) is 0 Å². The first-order valence-electron chi connectivity index (χ1n) is 19.3. The first-order valence-corrected chi connectivity index (χ1v) is 20.1. The van der Waals surface area contributed by atoms with Gasteiger partial charge in [0.2, 0.25) is 0 Å². The zero-order chi connectivity index (χ0) is 40.7. The summed E-state index contributed by atoms with van der Waals surface area (Å²) in [6, 6.07) is 52.1. The Balaban J connectivity index is 1.11. The van der Waals surface area contributed by atoms with Crippen LogP contribution in [0.1, 0.15) is 21.6 Å². The van der Waals surface area contributed by atoms with Crippen molar-refractivity contribution in [3.05, 3.63) is 210 Å². The monoisotopic (exact) mass is 803 g/mol. The molecule has 0 radical (unpaired) electrons. The molecule has 60 heavy (non-hydrogen) atoms. The summed E-state index contributed by atoms with van der Waals surface area (Å²) in [6.45, 7) is 0.588. The standard InChI is InChI=1S/C51H37N3O5S/c55-51(56)44(41-22-24-52-25-23-41)30-49-50(59-43-13-7-12-42(28-43)54-27-26-53-34-54)45-29-46(57-32-35-14-18-39(19-15-35)37-8-3-1-4-9-37)47(31-48(45)60-49)58-33-36-16-20-40(21-17-36)38-10-5-2-6-11-38/h1-31,34H,32-33H2,(H,55,56)/b44-30+. The number of pyridine rings is 1. The van der Waals surface area contributed by atoms with Gasteiger partial charge in [-0.25, -0.2) is 9.78 Å². The zero-order valence-electron chi connectivity index (χ0n) is 32.2. The van der Waals surface area contributed by atoms with Gasteiger partial charge in [0.1, 0.15) is 19.0 Å². The van der Waals surface area contributed by atoms with Gasteiger partial charge < -0.3 is 23.9 Å². The Morgan fingerprint density at radius 2 is 1.23 bits per heavy atom. The molecule has 0 fully saturated rings. The third kappa shape index (κ3) is 8.57. The molecule has 0 unspecified atom stereocenters. The van der Waals surface area contributed by atoms with Crippen molar-refractivity contribution in [2.75, 3.05) is 0 Å². The second kappa shape index (κ2) is 17.4. The summed E-state index contributed by atoms with van der Waals surface area (Å²) in [5.74, 6) is 1.06. The minimum absolute atomic E-state index is 0.104. The molecule has 0 amide bonds. The Morgan fingerprint density at radius 3 is 1.82 bits per heavy atom. The van der Waals surface area contributed by atoms with E-state index in [9.17, 15) is 9.90 Å². The molecule has 9 aromatic rings. The molecule has 0 saturated heterocycles. The number of nitrogens with zero attached hydrogens (tertiary/aromatic N) is 3. The van der Waals surface area contributed by atoms with E-state index in [2.05, 4.69) is 82.8 Å². The van der Waals surface area contributed by atoms with Crippen LogP contribution in [0.25, 0.3) is 49.7 Å². The minimum atomic E-state index is -1.07. The first kappa shape index (κ1) is 37.8. The number of aromatic nitrogens is 3. The summed E-state index contributed by atoms with van der Waals surface area (Å²) in [5.41, 5.74) is 8.00. The van der Waals surface area contributed by atoms with Crippen LogP contribution >= 0.6 is 11.3 Å². The van der Waals surface area contributed by atoms with Crippen molar-refractivity contribution >= 4 is 39.0 Å². The molecule has 8 nitrogen and oxygen atoms in total. The van der Waals surface area contributed by atoms with E-state index in [0.717, 1.165) is 49.2 Å². The Bertz CT molecular complexity index is 2900. The Kier molecular flexibility index (Phi) is 11.0. The number of carboxylic acid groups (broad SMARTS) is 1. The van der Waals surface area contributed by atoms with Crippen molar-refractivity contribution in [3.63, 3.8) is 0 Å². The summed E-state index contributed by atoms with van der Waals surface area (Å²) in [6.07, 6.45) is 10.1. The quantitative estimate of drug-likeness (QED) is 0.109. The van der Waals surface area contributed by atoms with E-state index < -0.39 is 5.97 Å². The predicted octanol–water partition coefficient (Wildman–Crippen LogP) is 12.4. The van der Waals surface area contributed by atoms with Gasteiger partial charge in [-0.15, -0.1) is 11.3 Å². The maximum atomic E-state index is 12.7. The fourth-order valence-corrected chi connectivity index (χ4v) is 7.95. The number of ether oxygens (including phenoxy) is 3. The van der Waals surface area contributed by atoms with Gasteiger partial charge in [-0.3, -0.25) is 4.98 Å². The van der Waals surface area contributed by atoms with E-state index in [0.29, 0.717) is 40.0 Å². The molecule has 0 aliphatic rings. The molecule has 3 heterocycles. The summed E-state index contributed by atoms with van der Waals surface area (Å²) in [4.78, 5) is 21.6. The van der Waals surface area contributed by atoms with E-state index in [1.807, 2.05) is 83.6 Å². The van der Waals surface area contributed by atoms with Gasteiger partial charge in [-0.1, -0.05) is 115 Å². The third-order valence-electron chi connectivity index (χ3n) is 9.98. The van der Waals surface area contributed by atoms with Crippen LogP contribution in [-0.4, -0.2) is 25.6 Å². The number of aliphatic carboxylic acids is 1. The molecule has 0 aliphatic heterocycles. The Hall–Kier alpha value is -7.75. The number of benzene rings is 6. The van der Waals surface area contributed by atoms with E-state index in [1.165, 1.54) is 11.3 Å². The number of imidazole rings is 1. The number of fused-ring (bicyclic) bond motifs is 1. The van der Waals surface area contributed by atoms with Crippen molar-refractivity contribution in [2.24, 2.45) is 0 Å². The van der Waals surface area contributed by atoms with Crippen molar-refractivity contribution in [2.45, 2.75) is 13.2 Å². The Morgan fingerprint density at radius 1 is 0.633 bits per heavy atom. The third-order valence-corrected chi connectivity index (χ3v) is 11.1. The fraction of sp³-hybridized carbons (Fsp3) is 0.0392. The SMILES string of the molecule is O=C(O)/C(=C/c1sc2cc(OCc3ccc(-c4ccccc4)cc3)c(OCc3ccc(-c4ccccc4)cc3)cc2c1Oc1cccc(-n2ccnc2)c1)c1ccncc1. The van der Waals surface area contributed by atoms with Gasteiger partial charge in [0.15, 0.2) is 17.2 Å². The number of hydrogen-bond acceptors (Lipinski definition) is 7. The van der Waals surface area contributed by atoms with E-state index in [4.69, 9.17) is 14.2 Å². The highest BCUT2D eigenvalue weighted by atomic mass is 32.1. The molecule has 0 atom stereocenters. The number of hydrogen-bond donors (Lipinski definition) is 1. The molecule has 0 bridgehead atoms. The minimum Gasteiger partial charge on any atom is -0.485 e. The summed E-state index contributed by atoms with van der Waals surface area (Å²) >= 11 is 1.41. The Labute approximate surface area is 350 Å². The predicted molar refractivity (Wildman–Crippen MR) is 238 cm³/mol. The van der Waals surface area contributed by atoms with Crippen LogP contribution in [0.4, 0.5) is 0 Å². The smallest absolute Gasteiger partial charge is 0.336 e. The van der Waals surface area contributed by atoms with E-state index in [1.54, 1.807) is 43.1 Å². The molecule has 9 rings (SSSR count). The lowest BCUT2D eigenvalue weighted by atomic mass is 10.0. The number of thiophene rings is 1. The molecular weight excluding hydrogens is 767 g/mol. The van der Waals surface area contributed by atoms with Gasteiger partial charge in [0, 0.05) is 47.0 Å². The highest BCUT2D eigenvalue weighted by Crippen LogP contribution is 2.47. The van der Waals surface area contributed by atoms with Crippen molar-refractivity contribution in [1.29, 1.82) is 0 Å². The van der Waals surface area contributed by atoms with Gasteiger partial charge >= 0.3 is 5.97 Å². The molecular formula is C51H37N3O5S. The summed E-state index contributed by atoms with van der Waals surface area (Å²) in [7, 11) is 0. The summed E-state index contributed by atoms with van der Waals surface area (Å²) < 4.78 is 22.6. The molecule has 0 spiro atoms. The molecule has 1 N–H and O–H groups in total. The lowest BCUT2D eigenvalue weighted by Crippen LogP contribution is -2.01. The van der Waals surface area contributed by atoms with Gasteiger partial charge in [0.25, 0.3) is 0 Å². The maximum absolute atomic E-state index is 12.7. The molecule has 0 saturated carbocycles. The molecule has 9 heteroatoms. The zero-order valence-corrected chi connectivity index (χ0v) is 33.0. The molecule has 0 aliphatic carbocycles. The molecule has 3 aromatic heterocycles. The van der Waals surface area contributed by atoms with Crippen molar-refractivity contribution in [1.82, 2.24) is 14.5 Å². The van der Waals surface area contributed by atoms with Crippen LogP contribution in [-0.2, 0) is 18.0 Å². The largest absolute Gasteiger partial charge is 0.485 e.